The van der Waals surface area contributed by atoms with Gasteiger partial charge in [0.1, 0.15) is 12.2 Å². The number of hydrogen-bond acceptors (Lipinski definition) is 5. The first-order chi connectivity index (χ1) is 16.2. The normalized spacial score (nSPS) is 20.5. The summed E-state index contributed by atoms with van der Waals surface area (Å²) in [6.45, 7) is 1.28. The molecular formula is C24H26F3N3O4. The summed E-state index contributed by atoms with van der Waals surface area (Å²) in [5, 5.41) is 14.0. The number of carbonyl (C=O) groups excluding carboxylic acids is 1. The molecule has 0 unspecified atom stereocenters. The number of anilines is 1. The minimum atomic E-state index is -4.81. The van der Waals surface area contributed by atoms with Crippen LogP contribution in [0.4, 0.5) is 24.5 Å². The molecule has 0 atom stereocenters. The average molecular weight is 477 g/mol. The van der Waals surface area contributed by atoms with E-state index in [-0.39, 0.29) is 30.3 Å². The fourth-order valence-corrected chi connectivity index (χ4v) is 4.61. The lowest BCUT2D eigenvalue weighted by molar-refractivity contribution is -0.388. The number of rotatable bonds is 6. The van der Waals surface area contributed by atoms with Crippen LogP contribution in [-0.4, -0.2) is 41.0 Å². The zero-order valence-electron chi connectivity index (χ0n) is 18.5. The summed E-state index contributed by atoms with van der Waals surface area (Å²) in [6.07, 6.45) is -1.39. The highest BCUT2D eigenvalue weighted by molar-refractivity contribution is 5.77. The molecule has 1 aliphatic heterocycles. The summed E-state index contributed by atoms with van der Waals surface area (Å²) in [6, 6.07) is 11.0. The summed E-state index contributed by atoms with van der Waals surface area (Å²) in [5.41, 5.74) is 0.403. The number of halogens is 3. The first-order valence-corrected chi connectivity index (χ1v) is 11.3. The number of hydrogen-bond donors (Lipinski definition) is 1. The fraction of sp³-hybridized carbons (Fsp3) is 0.458. The molecule has 1 saturated carbocycles. The molecule has 0 spiro atoms. The van der Waals surface area contributed by atoms with Crippen LogP contribution in [0, 0.1) is 10.1 Å². The van der Waals surface area contributed by atoms with Gasteiger partial charge in [-0.1, -0.05) is 24.3 Å². The second-order valence-corrected chi connectivity index (χ2v) is 8.75. The third-order valence-corrected chi connectivity index (χ3v) is 6.47. The first kappa shape index (κ1) is 24.0. The molecule has 1 fully saturated rings. The molecule has 2 aliphatic rings. The zero-order valence-corrected chi connectivity index (χ0v) is 18.5. The largest absolute Gasteiger partial charge is 0.423 e. The molecule has 1 aliphatic carbocycles. The number of nitro groups is 1. The van der Waals surface area contributed by atoms with E-state index in [9.17, 15) is 28.1 Å². The number of nitro benzene ring substituents is 1. The Kier molecular flexibility index (Phi) is 7.06. The van der Waals surface area contributed by atoms with Gasteiger partial charge in [0.25, 0.3) is 5.69 Å². The Morgan fingerprint density at radius 2 is 1.82 bits per heavy atom. The molecule has 2 aromatic carbocycles. The van der Waals surface area contributed by atoms with Crippen molar-refractivity contribution in [3.05, 3.63) is 69.3 Å². The Hall–Kier alpha value is -3.14. The van der Waals surface area contributed by atoms with Crippen molar-refractivity contribution in [2.75, 3.05) is 18.5 Å². The van der Waals surface area contributed by atoms with E-state index in [2.05, 4.69) is 11.4 Å². The SMILES string of the molecule is O=C(COC1CCC(Nc2ccc([N+](=O)[O-])c(C(F)(F)F)c2)CC1)N1CCc2ccccc2C1. The van der Waals surface area contributed by atoms with Crippen molar-refractivity contribution in [3.63, 3.8) is 0 Å². The second-order valence-electron chi connectivity index (χ2n) is 8.75. The van der Waals surface area contributed by atoms with Gasteiger partial charge >= 0.3 is 6.18 Å². The first-order valence-electron chi connectivity index (χ1n) is 11.3. The van der Waals surface area contributed by atoms with E-state index in [0.29, 0.717) is 38.8 Å². The average Bonchev–Trinajstić information content (AvgIpc) is 2.82. The van der Waals surface area contributed by atoms with Gasteiger partial charge in [0.2, 0.25) is 5.91 Å². The second kappa shape index (κ2) is 10.0. The minimum Gasteiger partial charge on any atom is -0.382 e. The van der Waals surface area contributed by atoms with Crippen molar-refractivity contribution < 1.29 is 27.6 Å². The Balaban J connectivity index is 1.25. The zero-order chi connectivity index (χ0) is 24.3. The Bertz CT molecular complexity index is 1050. The van der Waals surface area contributed by atoms with Gasteiger partial charge in [-0.25, -0.2) is 0 Å². The van der Waals surface area contributed by atoms with E-state index < -0.39 is 22.4 Å². The van der Waals surface area contributed by atoms with Crippen molar-refractivity contribution in [1.82, 2.24) is 4.90 Å². The van der Waals surface area contributed by atoms with Gasteiger partial charge < -0.3 is 15.0 Å². The number of fused-ring (bicyclic) bond motifs is 1. The molecule has 1 heterocycles. The Morgan fingerprint density at radius 1 is 1.12 bits per heavy atom. The van der Waals surface area contributed by atoms with Crippen molar-refractivity contribution in [2.24, 2.45) is 0 Å². The standard InChI is InChI=1S/C24H26F3N3O4/c25-24(26,27)21-13-19(7-10-22(21)30(32)33)28-18-5-8-20(9-6-18)34-15-23(31)29-12-11-16-3-1-2-4-17(16)14-29/h1-4,7,10,13,18,20,28H,5-6,8-9,11-12,14-15H2. The van der Waals surface area contributed by atoms with Crippen LogP contribution in [0.1, 0.15) is 42.4 Å². The topological polar surface area (TPSA) is 84.7 Å². The van der Waals surface area contributed by atoms with Crippen molar-refractivity contribution in [1.29, 1.82) is 0 Å². The molecule has 182 valence electrons. The van der Waals surface area contributed by atoms with E-state index in [1.165, 1.54) is 11.6 Å². The van der Waals surface area contributed by atoms with E-state index in [4.69, 9.17) is 4.74 Å². The van der Waals surface area contributed by atoms with Crippen LogP contribution in [0.15, 0.2) is 42.5 Å². The molecule has 4 rings (SSSR count). The molecule has 2 aromatic rings. The maximum absolute atomic E-state index is 13.2. The molecule has 10 heteroatoms. The minimum absolute atomic E-state index is 0.0161. The fourth-order valence-electron chi connectivity index (χ4n) is 4.61. The van der Waals surface area contributed by atoms with Crippen LogP contribution in [0.2, 0.25) is 0 Å². The number of alkyl halides is 3. The summed E-state index contributed by atoms with van der Waals surface area (Å²) >= 11 is 0. The van der Waals surface area contributed by atoms with Gasteiger partial charge in [0, 0.05) is 30.9 Å². The van der Waals surface area contributed by atoms with Gasteiger partial charge in [-0.15, -0.1) is 0 Å². The van der Waals surface area contributed by atoms with Gasteiger partial charge in [0.15, 0.2) is 0 Å². The highest BCUT2D eigenvalue weighted by Crippen LogP contribution is 2.38. The third-order valence-electron chi connectivity index (χ3n) is 6.47. The third kappa shape index (κ3) is 5.67. The molecule has 0 saturated heterocycles. The Morgan fingerprint density at radius 3 is 2.50 bits per heavy atom. The lowest BCUT2D eigenvalue weighted by Crippen LogP contribution is -2.39. The van der Waals surface area contributed by atoms with Crippen molar-refractivity contribution in [2.45, 2.75) is 57.0 Å². The van der Waals surface area contributed by atoms with Crippen LogP contribution in [0.3, 0.4) is 0 Å². The highest BCUT2D eigenvalue weighted by atomic mass is 19.4. The summed E-state index contributed by atoms with van der Waals surface area (Å²) < 4.78 is 45.4. The number of nitrogens with one attached hydrogen (secondary N) is 1. The van der Waals surface area contributed by atoms with Gasteiger partial charge in [-0.3, -0.25) is 14.9 Å². The van der Waals surface area contributed by atoms with E-state index in [0.717, 1.165) is 24.1 Å². The molecule has 0 bridgehead atoms. The van der Waals surface area contributed by atoms with Crippen LogP contribution in [0.5, 0.6) is 0 Å². The number of amides is 1. The lowest BCUT2D eigenvalue weighted by Gasteiger charge is -2.32. The smallest absolute Gasteiger partial charge is 0.382 e. The van der Waals surface area contributed by atoms with Gasteiger partial charge in [-0.2, -0.15) is 13.2 Å². The summed E-state index contributed by atoms with van der Waals surface area (Å²) in [7, 11) is 0. The number of carbonyl (C=O) groups is 1. The quantitative estimate of drug-likeness (QED) is 0.471. The van der Waals surface area contributed by atoms with Gasteiger partial charge in [-0.05, 0) is 55.4 Å². The van der Waals surface area contributed by atoms with E-state index >= 15 is 0 Å². The lowest BCUT2D eigenvalue weighted by atomic mass is 9.92. The van der Waals surface area contributed by atoms with E-state index in [1.54, 1.807) is 0 Å². The molecule has 1 N–H and O–H groups in total. The number of benzene rings is 2. The number of nitrogens with zero attached hydrogens (tertiary/aromatic N) is 2. The molecular weight excluding hydrogens is 451 g/mol. The molecule has 1 amide bonds. The van der Waals surface area contributed by atoms with E-state index in [1.807, 2.05) is 23.1 Å². The molecule has 34 heavy (non-hydrogen) atoms. The predicted molar refractivity (Wildman–Crippen MR) is 119 cm³/mol. The van der Waals surface area contributed by atoms with Gasteiger partial charge in [0.05, 0.1) is 11.0 Å². The predicted octanol–water partition coefficient (Wildman–Crippen LogP) is 4.94. The van der Waals surface area contributed by atoms with Crippen molar-refractivity contribution in [3.8, 4) is 0 Å². The van der Waals surface area contributed by atoms with Crippen LogP contribution in [0.25, 0.3) is 0 Å². The number of ether oxygens (including phenoxy) is 1. The van der Waals surface area contributed by atoms with Crippen molar-refractivity contribution >= 4 is 17.3 Å². The maximum Gasteiger partial charge on any atom is 0.423 e. The highest BCUT2D eigenvalue weighted by Gasteiger charge is 2.38. The Labute approximate surface area is 195 Å². The van der Waals surface area contributed by atoms with Crippen LogP contribution >= 0.6 is 0 Å². The monoisotopic (exact) mass is 477 g/mol. The van der Waals surface area contributed by atoms with Crippen LogP contribution in [-0.2, 0) is 28.7 Å². The summed E-state index contributed by atoms with van der Waals surface area (Å²) in [5.74, 6) is -0.0414. The molecule has 0 radical (unpaired) electrons. The molecule has 7 nitrogen and oxygen atoms in total. The molecule has 0 aromatic heterocycles. The van der Waals surface area contributed by atoms with Crippen LogP contribution < -0.4 is 5.32 Å². The maximum atomic E-state index is 13.2. The summed E-state index contributed by atoms with van der Waals surface area (Å²) in [4.78, 5) is 24.3.